The Morgan fingerprint density at radius 3 is 1.06 bits per heavy atom. The van der Waals surface area contributed by atoms with E-state index in [1.54, 1.807) is 0 Å². The van der Waals surface area contributed by atoms with E-state index in [1.165, 1.54) is 186 Å². The topological polar surface area (TPSA) is 89.8 Å². The Hall–Kier alpha value is -0.910. The summed E-state index contributed by atoms with van der Waals surface area (Å²) >= 11 is 0. The molecule has 0 aromatic carbocycles. The van der Waals surface area contributed by atoms with Gasteiger partial charge in [-0.2, -0.15) is 0 Å². The maximum absolute atomic E-state index is 12.5. The Kier molecular flexibility index (Phi) is 42.1. The lowest BCUT2D eigenvalue weighted by atomic mass is 10.0. The zero-order chi connectivity index (χ0) is 38.0. The van der Waals surface area contributed by atoms with Gasteiger partial charge >= 0.3 is 0 Å². The first kappa shape index (κ1) is 51.1. The van der Waals surface area contributed by atoms with Crippen molar-refractivity contribution in [2.24, 2.45) is 0 Å². The summed E-state index contributed by atoms with van der Waals surface area (Å²) in [7, 11) is 0. The number of amides is 1. The Morgan fingerprint density at radius 2 is 0.731 bits per heavy atom. The molecule has 1 amide bonds. The van der Waals surface area contributed by atoms with Gasteiger partial charge in [0.05, 0.1) is 18.8 Å². The van der Waals surface area contributed by atoms with Crippen LogP contribution in [0.5, 0.6) is 0 Å². The van der Waals surface area contributed by atoms with Gasteiger partial charge in [-0.1, -0.05) is 231 Å². The van der Waals surface area contributed by atoms with Crippen molar-refractivity contribution >= 4 is 5.91 Å². The van der Waals surface area contributed by atoms with Gasteiger partial charge in [0.1, 0.15) is 6.10 Å². The number of aliphatic hydroxyl groups excluding tert-OH is 3. The normalized spacial score (nSPS) is 13.6. The van der Waals surface area contributed by atoms with Gasteiger partial charge in [-0.25, -0.2) is 0 Å². The zero-order valence-electron chi connectivity index (χ0n) is 35.2. The van der Waals surface area contributed by atoms with Crippen molar-refractivity contribution in [2.45, 2.75) is 276 Å². The van der Waals surface area contributed by atoms with E-state index < -0.39 is 24.2 Å². The summed E-state index contributed by atoms with van der Waals surface area (Å²) in [4.78, 5) is 12.5. The number of unbranched alkanes of at least 4 members (excludes halogenated alkanes) is 33. The molecule has 0 rings (SSSR count). The standard InChI is InChI=1S/C47H93NO4/c1-3-5-7-9-11-13-15-17-19-20-21-22-23-24-25-26-28-29-31-33-35-37-39-41-45(50)44(43-49)48-47(52)46(51)42-40-38-36-34-32-30-27-18-16-14-12-10-8-6-4-2/h27,30,44-46,49-51H,3-26,28-29,31-43H2,1-2H3,(H,48,52)/b30-27-. The highest BCUT2D eigenvalue weighted by molar-refractivity contribution is 5.80. The SMILES string of the molecule is CCCCCCCCC/C=C\CCCCCCC(O)C(=O)NC(CO)C(O)CCCCCCCCCCCCCCCCCCCCCCCCC. The third kappa shape index (κ3) is 37.4. The summed E-state index contributed by atoms with van der Waals surface area (Å²) in [6.45, 7) is 4.24. The Balaban J connectivity index is 3.57. The van der Waals surface area contributed by atoms with Crippen LogP contribution < -0.4 is 5.32 Å². The van der Waals surface area contributed by atoms with E-state index in [4.69, 9.17) is 0 Å². The predicted molar refractivity (Wildman–Crippen MR) is 227 cm³/mol. The van der Waals surface area contributed by atoms with Crippen LogP contribution in [0, 0.1) is 0 Å². The summed E-state index contributed by atoms with van der Waals surface area (Å²) in [5.41, 5.74) is 0. The van der Waals surface area contributed by atoms with Crippen LogP contribution in [0.2, 0.25) is 0 Å². The first-order valence-corrected chi connectivity index (χ1v) is 23.5. The first-order chi connectivity index (χ1) is 25.6. The third-order valence-electron chi connectivity index (χ3n) is 11.1. The van der Waals surface area contributed by atoms with Crippen molar-refractivity contribution in [3.05, 3.63) is 12.2 Å². The number of hydrogen-bond acceptors (Lipinski definition) is 4. The molecule has 0 saturated carbocycles. The summed E-state index contributed by atoms with van der Waals surface area (Å²) < 4.78 is 0. The number of hydrogen-bond donors (Lipinski definition) is 4. The largest absolute Gasteiger partial charge is 0.394 e. The maximum atomic E-state index is 12.5. The lowest BCUT2D eigenvalue weighted by Crippen LogP contribution is -2.49. The smallest absolute Gasteiger partial charge is 0.249 e. The zero-order valence-corrected chi connectivity index (χ0v) is 35.2. The Bertz CT molecular complexity index is 728. The molecule has 0 aliphatic heterocycles. The molecule has 0 aliphatic rings. The predicted octanol–water partition coefficient (Wildman–Crippen LogP) is 13.6. The first-order valence-electron chi connectivity index (χ1n) is 23.5. The lowest BCUT2D eigenvalue weighted by Gasteiger charge is -2.23. The van der Waals surface area contributed by atoms with Gasteiger partial charge in [0.25, 0.3) is 0 Å². The van der Waals surface area contributed by atoms with Crippen LogP contribution >= 0.6 is 0 Å². The minimum Gasteiger partial charge on any atom is -0.394 e. The van der Waals surface area contributed by atoms with Crippen LogP contribution in [0.4, 0.5) is 0 Å². The molecular weight excluding hydrogens is 643 g/mol. The van der Waals surface area contributed by atoms with Crippen molar-refractivity contribution in [2.75, 3.05) is 6.61 Å². The molecule has 0 aliphatic carbocycles. The van der Waals surface area contributed by atoms with Gasteiger partial charge in [-0.3, -0.25) is 4.79 Å². The minimum absolute atomic E-state index is 0.314. The van der Waals surface area contributed by atoms with Crippen molar-refractivity contribution in [3.63, 3.8) is 0 Å². The van der Waals surface area contributed by atoms with E-state index in [1.807, 2.05) is 0 Å². The molecule has 5 heteroatoms. The van der Waals surface area contributed by atoms with Gasteiger partial charge in [0.15, 0.2) is 0 Å². The summed E-state index contributed by atoms with van der Waals surface area (Å²) in [5, 5.41) is 33.3. The Morgan fingerprint density at radius 1 is 0.442 bits per heavy atom. The molecule has 3 unspecified atom stereocenters. The van der Waals surface area contributed by atoms with E-state index in [2.05, 4.69) is 31.3 Å². The number of aliphatic hydroxyl groups is 3. The molecule has 0 aromatic heterocycles. The van der Waals surface area contributed by atoms with Crippen molar-refractivity contribution in [1.29, 1.82) is 0 Å². The third-order valence-corrected chi connectivity index (χ3v) is 11.1. The molecule has 0 saturated heterocycles. The van der Waals surface area contributed by atoms with E-state index >= 15 is 0 Å². The van der Waals surface area contributed by atoms with Crippen LogP contribution in [0.3, 0.4) is 0 Å². The monoisotopic (exact) mass is 736 g/mol. The van der Waals surface area contributed by atoms with Crippen LogP contribution in [-0.2, 0) is 4.79 Å². The van der Waals surface area contributed by atoms with Crippen LogP contribution in [0.1, 0.15) is 258 Å². The molecule has 52 heavy (non-hydrogen) atoms. The van der Waals surface area contributed by atoms with E-state index in [9.17, 15) is 20.1 Å². The average Bonchev–Trinajstić information content (AvgIpc) is 3.15. The molecule has 0 aromatic rings. The molecule has 4 N–H and O–H groups in total. The van der Waals surface area contributed by atoms with Gasteiger partial charge < -0.3 is 20.6 Å². The van der Waals surface area contributed by atoms with Gasteiger partial charge in [0.2, 0.25) is 5.91 Å². The molecular formula is C47H93NO4. The number of carbonyl (C=O) groups is 1. The van der Waals surface area contributed by atoms with E-state index in [0.717, 1.165) is 44.9 Å². The van der Waals surface area contributed by atoms with Crippen molar-refractivity contribution in [1.82, 2.24) is 5.32 Å². The highest BCUT2D eigenvalue weighted by Crippen LogP contribution is 2.17. The molecule has 0 bridgehead atoms. The quantitative estimate of drug-likeness (QED) is 0.0371. The van der Waals surface area contributed by atoms with Crippen molar-refractivity contribution < 1.29 is 20.1 Å². The van der Waals surface area contributed by atoms with Crippen molar-refractivity contribution in [3.8, 4) is 0 Å². The fourth-order valence-corrected chi connectivity index (χ4v) is 7.42. The van der Waals surface area contributed by atoms with Gasteiger partial charge in [-0.05, 0) is 38.5 Å². The fraction of sp³-hybridized carbons (Fsp3) is 0.936. The van der Waals surface area contributed by atoms with Crippen LogP contribution in [0.25, 0.3) is 0 Å². The number of rotatable bonds is 43. The number of nitrogens with one attached hydrogen (secondary N) is 1. The molecule has 0 spiro atoms. The molecule has 3 atom stereocenters. The van der Waals surface area contributed by atoms with Crippen LogP contribution in [0.15, 0.2) is 12.2 Å². The lowest BCUT2D eigenvalue weighted by molar-refractivity contribution is -0.131. The Labute approximate surface area is 325 Å². The minimum atomic E-state index is -1.08. The van der Waals surface area contributed by atoms with E-state index in [0.29, 0.717) is 12.8 Å². The number of carbonyl (C=O) groups excluding carboxylic acids is 1. The molecule has 0 radical (unpaired) electrons. The number of allylic oxidation sites excluding steroid dienone is 2. The molecule has 5 nitrogen and oxygen atoms in total. The van der Waals surface area contributed by atoms with E-state index in [-0.39, 0.29) is 6.61 Å². The molecule has 310 valence electrons. The molecule has 0 fully saturated rings. The highest BCUT2D eigenvalue weighted by atomic mass is 16.3. The summed E-state index contributed by atoms with van der Waals surface area (Å²) in [6.07, 6.45) is 50.8. The highest BCUT2D eigenvalue weighted by Gasteiger charge is 2.23. The van der Waals surface area contributed by atoms with Gasteiger partial charge in [0, 0.05) is 0 Å². The molecule has 0 heterocycles. The fourth-order valence-electron chi connectivity index (χ4n) is 7.42. The summed E-state index contributed by atoms with van der Waals surface area (Å²) in [5.74, 6) is -0.476. The van der Waals surface area contributed by atoms with Gasteiger partial charge in [-0.15, -0.1) is 0 Å². The summed E-state index contributed by atoms with van der Waals surface area (Å²) in [6, 6.07) is -0.713. The second-order valence-corrected chi connectivity index (χ2v) is 16.3. The maximum Gasteiger partial charge on any atom is 0.249 e. The second-order valence-electron chi connectivity index (χ2n) is 16.3. The second kappa shape index (κ2) is 42.8. The van der Waals surface area contributed by atoms with Crippen LogP contribution in [-0.4, -0.2) is 46.1 Å². The average molecular weight is 736 g/mol.